The van der Waals surface area contributed by atoms with Crippen LogP contribution in [-0.2, 0) is 6.42 Å². The third-order valence-electron chi connectivity index (χ3n) is 4.05. The van der Waals surface area contributed by atoms with Gasteiger partial charge >= 0.3 is 0 Å². The Bertz CT molecular complexity index is 662. The van der Waals surface area contributed by atoms with Crippen LogP contribution in [0.25, 0.3) is 11.1 Å². The summed E-state index contributed by atoms with van der Waals surface area (Å²) in [5, 5.41) is 0. The third-order valence-corrected chi connectivity index (χ3v) is 4.94. The van der Waals surface area contributed by atoms with Gasteiger partial charge in [-0.1, -0.05) is 38.1 Å². The molecule has 0 aliphatic carbocycles. The van der Waals surface area contributed by atoms with Crippen molar-refractivity contribution in [3.8, 4) is 16.9 Å². The zero-order valence-corrected chi connectivity index (χ0v) is 13.6. The zero-order valence-electron chi connectivity index (χ0n) is 12.8. The predicted molar refractivity (Wildman–Crippen MR) is 91.4 cm³/mol. The lowest BCUT2D eigenvalue weighted by atomic mass is 9.96. The zero-order chi connectivity index (χ0) is 15.0. The van der Waals surface area contributed by atoms with Gasteiger partial charge in [-0.05, 0) is 29.4 Å². The smallest absolute Gasteiger partial charge is 0.131 e. The lowest BCUT2D eigenvalue weighted by Gasteiger charge is -2.14. The Balaban J connectivity index is 2.11. The summed E-state index contributed by atoms with van der Waals surface area (Å²) in [6.45, 7) is 5.17. The number of thioether (sulfide) groups is 1. The molecule has 1 aliphatic rings. The van der Waals surface area contributed by atoms with E-state index in [0.717, 1.165) is 30.0 Å². The standard InChI is InChI=1S/C18H21NOS/c1-11(2)12-4-6-13(7-5-12)15-10-16(19)18(21-3)14-8-9-20-17(14)15/h4-7,10-11H,8-9,19H2,1-3H3. The number of nitrogens with two attached hydrogens (primary N) is 1. The van der Waals surface area contributed by atoms with Gasteiger partial charge in [-0.2, -0.15) is 0 Å². The van der Waals surface area contributed by atoms with Crippen LogP contribution in [0.1, 0.15) is 30.9 Å². The minimum Gasteiger partial charge on any atom is -0.492 e. The van der Waals surface area contributed by atoms with Crippen LogP contribution in [0.5, 0.6) is 5.75 Å². The Morgan fingerprint density at radius 3 is 2.52 bits per heavy atom. The Morgan fingerprint density at radius 1 is 1.19 bits per heavy atom. The summed E-state index contributed by atoms with van der Waals surface area (Å²) in [6, 6.07) is 10.8. The van der Waals surface area contributed by atoms with Gasteiger partial charge in [0.2, 0.25) is 0 Å². The molecular formula is C18H21NOS. The second-order valence-corrected chi connectivity index (χ2v) is 6.55. The number of anilines is 1. The van der Waals surface area contributed by atoms with Crippen LogP contribution >= 0.6 is 11.8 Å². The molecule has 0 spiro atoms. The van der Waals surface area contributed by atoms with Gasteiger partial charge in [0.15, 0.2) is 0 Å². The molecule has 1 aliphatic heterocycles. The first kappa shape index (κ1) is 14.3. The Morgan fingerprint density at radius 2 is 1.90 bits per heavy atom. The van der Waals surface area contributed by atoms with Crippen LogP contribution in [0.4, 0.5) is 5.69 Å². The fraction of sp³-hybridized carbons (Fsp3) is 0.333. The van der Waals surface area contributed by atoms with Gasteiger partial charge in [-0.25, -0.2) is 0 Å². The molecule has 2 aromatic carbocycles. The van der Waals surface area contributed by atoms with Crippen LogP contribution in [-0.4, -0.2) is 12.9 Å². The molecule has 21 heavy (non-hydrogen) atoms. The molecule has 3 heteroatoms. The molecular weight excluding hydrogens is 278 g/mol. The van der Waals surface area contributed by atoms with Gasteiger partial charge in [0, 0.05) is 28.1 Å². The van der Waals surface area contributed by atoms with E-state index in [9.17, 15) is 0 Å². The number of hydrogen-bond acceptors (Lipinski definition) is 3. The van der Waals surface area contributed by atoms with Gasteiger partial charge in [0.25, 0.3) is 0 Å². The van der Waals surface area contributed by atoms with Crippen molar-refractivity contribution in [1.82, 2.24) is 0 Å². The molecule has 0 fully saturated rings. The van der Waals surface area contributed by atoms with Gasteiger partial charge in [-0.3, -0.25) is 0 Å². The van der Waals surface area contributed by atoms with Crippen molar-refractivity contribution >= 4 is 17.4 Å². The molecule has 2 N–H and O–H groups in total. The number of nitrogen functional groups attached to an aromatic ring is 1. The van der Waals surface area contributed by atoms with Crippen LogP contribution in [0.15, 0.2) is 35.2 Å². The van der Waals surface area contributed by atoms with E-state index in [0.29, 0.717) is 5.92 Å². The number of rotatable bonds is 3. The first-order valence-corrected chi connectivity index (χ1v) is 8.56. The largest absolute Gasteiger partial charge is 0.492 e. The fourth-order valence-corrected chi connectivity index (χ4v) is 3.61. The molecule has 0 radical (unpaired) electrons. The summed E-state index contributed by atoms with van der Waals surface area (Å²) < 4.78 is 5.89. The van der Waals surface area contributed by atoms with Crippen molar-refractivity contribution in [1.29, 1.82) is 0 Å². The lowest BCUT2D eigenvalue weighted by molar-refractivity contribution is 0.358. The molecule has 3 rings (SSSR count). The Hall–Kier alpha value is -1.61. The van der Waals surface area contributed by atoms with Crippen molar-refractivity contribution in [2.45, 2.75) is 31.1 Å². The maximum atomic E-state index is 6.24. The molecule has 0 atom stereocenters. The van der Waals surface area contributed by atoms with Crippen LogP contribution in [0.3, 0.4) is 0 Å². The Kier molecular flexibility index (Phi) is 3.85. The van der Waals surface area contributed by atoms with Crippen molar-refractivity contribution < 1.29 is 4.74 Å². The summed E-state index contributed by atoms with van der Waals surface area (Å²) in [5.41, 5.74) is 12.0. The SMILES string of the molecule is CSc1c(N)cc(-c2ccc(C(C)C)cc2)c2c1CCO2. The van der Waals surface area contributed by atoms with Gasteiger partial charge < -0.3 is 10.5 Å². The maximum absolute atomic E-state index is 6.24. The summed E-state index contributed by atoms with van der Waals surface area (Å²) >= 11 is 1.71. The normalized spacial score (nSPS) is 13.3. The fourth-order valence-electron chi connectivity index (χ4n) is 2.88. The number of hydrogen-bond donors (Lipinski definition) is 1. The van der Waals surface area contributed by atoms with Crippen LogP contribution in [0, 0.1) is 0 Å². The highest BCUT2D eigenvalue weighted by atomic mass is 32.2. The summed E-state index contributed by atoms with van der Waals surface area (Å²) in [4.78, 5) is 1.17. The van der Waals surface area contributed by atoms with E-state index in [1.807, 2.05) is 0 Å². The molecule has 110 valence electrons. The highest BCUT2D eigenvalue weighted by Gasteiger charge is 2.23. The van der Waals surface area contributed by atoms with Gasteiger partial charge in [0.05, 0.1) is 6.61 Å². The topological polar surface area (TPSA) is 35.2 Å². The Labute approximate surface area is 130 Å². The molecule has 0 saturated heterocycles. The van der Waals surface area contributed by atoms with E-state index in [1.165, 1.54) is 21.6 Å². The first-order chi connectivity index (χ1) is 10.1. The van der Waals surface area contributed by atoms with Crippen molar-refractivity contribution in [3.63, 3.8) is 0 Å². The average molecular weight is 299 g/mol. The number of benzene rings is 2. The first-order valence-electron chi connectivity index (χ1n) is 7.34. The number of ether oxygens (including phenoxy) is 1. The molecule has 0 amide bonds. The minimum absolute atomic E-state index is 0.546. The summed E-state index contributed by atoms with van der Waals surface area (Å²) in [5.74, 6) is 1.57. The van der Waals surface area contributed by atoms with Crippen molar-refractivity contribution in [3.05, 3.63) is 41.5 Å². The molecule has 0 aromatic heterocycles. The van der Waals surface area contributed by atoms with E-state index in [-0.39, 0.29) is 0 Å². The lowest BCUT2D eigenvalue weighted by Crippen LogP contribution is -1.95. The van der Waals surface area contributed by atoms with Gasteiger partial charge in [-0.15, -0.1) is 11.8 Å². The van der Waals surface area contributed by atoms with Crippen molar-refractivity contribution in [2.75, 3.05) is 18.6 Å². The number of fused-ring (bicyclic) bond motifs is 1. The van der Waals surface area contributed by atoms with E-state index in [4.69, 9.17) is 10.5 Å². The van der Waals surface area contributed by atoms with Crippen LogP contribution in [0.2, 0.25) is 0 Å². The maximum Gasteiger partial charge on any atom is 0.131 e. The quantitative estimate of drug-likeness (QED) is 0.658. The average Bonchev–Trinajstić information content (AvgIpc) is 2.96. The van der Waals surface area contributed by atoms with E-state index in [1.54, 1.807) is 11.8 Å². The predicted octanol–water partition coefficient (Wildman–Crippen LogP) is 4.72. The molecule has 0 saturated carbocycles. The molecule has 0 bridgehead atoms. The molecule has 0 unspecified atom stereocenters. The summed E-state index contributed by atoms with van der Waals surface area (Å²) in [6.07, 6.45) is 3.02. The van der Waals surface area contributed by atoms with Gasteiger partial charge in [0.1, 0.15) is 5.75 Å². The third kappa shape index (κ3) is 2.51. The van der Waals surface area contributed by atoms with E-state index in [2.05, 4.69) is 50.4 Å². The second kappa shape index (κ2) is 5.64. The van der Waals surface area contributed by atoms with E-state index < -0.39 is 0 Å². The molecule has 2 aromatic rings. The van der Waals surface area contributed by atoms with Crippen LogP contribution < -0.4 is 10.5 Å². The van der Waals surface area contributed by atoms with E-state index >= 15 is 0 Å². The van der Waals surface area contributed by atoms with Crippen molar-refractivity contribution in [2.24, 2.45) is 0 Å². The highest BCUT2D eigenvalue weighted by molar-refractivity contribution is 7.98. The minimum atomic E-state index is 0.546. The summed E-state index contributed by atoms with van der Waals surface area (Å²) in [7, 11) is 0. The highest BCUT2D eigenvalue weighted by Crippen LogP contribution is 2.44. The molecule has 2 nitrogen and oxygen atoms in total. The monoisotopic (exact) mass is 299 g/mol. The second-order valence-electron chi connectivity index (χ2n) is 5.73. The molecule has 1 heterocycles.